The maximum Gasteiger partial charge on any atom is 0.261 e. The Morgan fingerprint density at radius 1 is 0.864 bits per heavy atom. The molecule has 2 amide bonds. The highest BCUT2D eigenvalue weighted by Gasteiger charge is 2.44. The fraction of sp³-hybridized carbons (Fsp3) is 0.389. The number of hydrogen-bond donors (Lipinski definition) is 0. The molecule has 1 fully saturated rings. The molecule has 8 heteroatoms. The molecular weight excluding hydrogens is 558 g/mol. The van der Waals surface area contributed by atoms with E-state index in [9.17, 15) is 19.2 Å². The van der Waals surface area contributed by atoms with E-state index < -0.39 is 17.7 Å². The summed E-state index contributed by atoms with van der Waals surface area (Å²) in [5, 5.41) is 0. The van der Waals surface area contributed by atoms with Gasteiger partial charge in [0.25, 0.3) is 11.8 Å². The van der Waals surface area contributed by atoms with Gasteiger partial charge in [0.1, 0.15) is 12.4 Å². The highest BCUT2D eigenvalue weighted by atomic mass is 16.7. The minimum absolute atomic E-state index is 0.0147. The lowest BCUT2D eigenvalue weighted by atomic mass is 9.73. The van der Waals surface area contributed by atoms with Crippen LogP contribution in [0.5, 0.6) is 5.75 Å². The zero-order valence-electron chi connectivity index (χ0n) is 25.2. The second-order valence-electron chi connectivity index (χ2n) is 11.7. The number of ether oxygens (including phenoxy) is 3. The van der Waals surface area contributed by atoms with E-state index in [1.807, 2.05) is 31.2 Å². The lowest BCUT2D eigenvalue weighted by molar-refractivity contribution is -0.200. The molecule has 0 spiro atoms. The fourth-order valence-electron chi connectivity index (χ4n) is 6.59. The van der Waals surface area contributed by atoms with Gasteiger partial charge < -0.3 is 14.2 Å². The minimum atomic E-state index is -0.477. The summed E-state index contributed by atoms with van der Waals surface area (Å²) in [4.78, 5) is 53.2. The van der Waals surface area contributed by atoms with Crippen LogP contribution in [0.2, 0.25) is 0 Å². The van der Waals surface area contributed by atoms with Gasteiger partial charge in [-0.15, -0.1) is 0 Å². The topological polar surface area (TPSA) is 99.2 Å². The summed E-state index contributed by atoms with van der Waals surface area (Å²) in [6, 6.07) is 20.1. The van der Waals surface area contributed by atoms with Gasteiger partial charge in [-0.1, -0.05) is 56.3 Å². The third-order valence-corrected chi connectivity index (χ3v) is 9.17. The van der Waals surface area contributed by atoms with E-state index in [2.05, 4.69) is 19.1 Å². The summed E-state index contributed by atoms with van der Waals surface area (Å²) in [5.41, 5.74) is 3.43. The van der Waals surface area contributed by atoms with Gasteiger partial charge in [-0.2, -0.15) is 0 Å². The van der Waals surface area contributed by atoms with Crippen molar-refractivity contribution < 1.29 is 33.4 Å². The van der Waals surface area contributed by atoms with Crippen molar-refractivity contribution in [2.45, 2.75) is 70.1 Å². The smallest absolute Gasteiger partial charge is 0.261 e. The van der Waals surface area contributed by atoms with Gasteiger partial charge in [0.2, 0.25) is 0 Å². The van der Waals surface area contributed by atoms with Crippen LogP contribution in [0.25, 0.3) is 0 Å². The van der Waals surface area contributed by atoms with Crippen molar-refractivity contribution in [2.24, 2.45) is 0 Å². The van der Waals surface area contributed by atoms with Crippen LogP contribution in [0.1, 0.15) is 105 Å². The minimum Gasteiger partial charge on any atom is -0.491 e. The van der Waals surface area contributed by atoms with Crippen LogP contribution in [0, 0.1) is 0 Å². The zero-order chi connectivity index (χ0) is 30.8. The predicted molar refractivity (Wildman–Crippen MR) is 163 cm³/mol. The first-order chi connectivity index (χ1) is 21.4. The Labute approximate surface area is 257 Å². The highest BCUT2D eigenvalue weighted by Crippen LogP contribution is 2.48. The first kappa shape index (κ1) is 29.9. The summed E-state index contributed by atoms with van der Waals surface area (Å²) < 4.78 is 17.9. The zero-order valence-corrected chi connectivity index (χ0v) is 25.2. The quantitative estimate of drug-likeness (QED) is 0.149. The lowest BCUT2D eigenvalue weighted by Crippen LogP contribution is -2.49. The molecule has 0 N–H and O–H groups in total. The maximum atomic E-state index is 13.5. The molecule has 3 aromatic rings. The first-order valence-electron chi connectivity index (χ1n) is 15.5. The summed E-state index contributed by atoms with van der Waals surface area (Å²) in [6.45, 7) is 4.78. The molecule has 3 aromatic carbocycles. The van der Waals surface area contributed by atoms with Crippen LogP contribution < -0.4 is 4.74 Å². The highest BCUT2D eigenvalue weighted by molar-refractivity contribution is 6.21. The number of amides is 2. The molecule has 1 atom stereocenters. The Bertz CT molecular complexity index is 1560. The molecule has 3 heterocycles. The molecular formula is C36H37NO7. The molecule has 0 saturated carbocycles. The molecule has 3 aliphatic rings. The van der Waals surface area contributed by atoms with Gasteiger partial charge in [0, 0.05) is 24.0 Å². The van der Waals surface area contributed by atoms with Crippen LogP contribution in [0.3, 0.4) is 0 Å². The average Bonchev–Trinajstić information content (AvgIpc) is 3.58. The monoisotopic (exact) mass is 595 g/mol. The Balaban J connectivity index is 1.07. The second-order valence-corrected chi connectivity index (χ2v) is 11.7. The Kier molecular flexibility index (Phi) is 8.47. The molecule has 1 saturated heterocycles. The Morgan fingerprint density at radius 3 is 2.16 bits per heavy atom. The molecule has 44 heavy (non-hydrogen) atoms. The number of fused-ring (bicyclic) bond motifs is 2. The van der Waals surface area contributed by atoms with Crippen molar-refractivity contribution in [2.75, 3.05) is 19.8 Å². The average molecular weight is 596 g/mol. The SMILES string of the molecule is CCC(=O)c1cc(C(=O)CCCCC2OCC(N3C(=O)c4ccccc4C3=O)CO2)cc2c1OC[C@@]2(CC)c1ccccc1. The number of rotatable bonds is 11. The standard InChI is InChI=1S/C36H37NO7/c1-3-30(38)28-18-23(19-29-33(28)44-22-36(29,4-2)24-12-6-5-7-13-24)31(39)16-10-11-17-32-42-20-25(21-43-32)37-34(40)26-14-8-9-15-27(26)35(37)41/h5-9,12-15,18-19,25,32H,3-4,10-11,16-17,20-22H2,1-2H3/t25?,32?,36-/m0/s1. The molecule has 0 aliphatic carbocycles. The summed E-state index contributed by atoms with van der Waals surface area (Å²) in [5.74, 6) is -0.0884. The van der Waals surface area contributed by atoms with Crippen molar-refractivity contribution in [3.8, 4) is 5.75 Å². The van der Waals surface area contributed by atoms with Crippen LogP contribution in [-0.4, -0.2) is 60.4 Å². The number of ketones is 2. The maximum absolute atomic E-state index is 13.5. The third kappa shape index (κ3) is 5.26. The number of carbonyl (C=O) groups excluding carboxylic acids is 4. The van der Waals surface area contributed by atoms with Gasteiger partial charge in [0.15, 0.2) is 17.9 Å². The fourth-order valence-corrected chi connectivity index (χ4v) is 6.59. The first-order valence-corrected chi connectivity index (χ1v) is 15.5. The molecule has 0 radical (unpaired) electrons. The largest absolute Gasteiger partial charge is 0.491 e. The summed E-state index contributed by atoms with van der Waals surface area (Å²) >= 11 is 0. The Morgan fingerprint density at radius 2 is 1.52 bits per heavy atom. The number of nitrogens with zero attached hydrogens (tertiary/aromatic N) is 1. The number of unbranched alkanes of at least 4 members (excludes halogenated alkanes) is 1. The number of imide groups is 1. The number of Topliss-reactive ketones (excluding diaryl/α,β-unsaturated/α-hetero) is 2. The number of carbonyl (C=O) groups is 4. The van der Waals surface area contributed by atoms with E-state index in [-0.39, 0.29) is 36.6 Å². The normalized spacial score (nSPS) is 22.5. The predicted octanol–water partition coefficient (Wildman–Crippen LogP) is 6.15. The van der Waals surface area contributed by atoms with Crippen molar-refractivity contribution in [3.63, 3.8) is 0 Å². The van der Waals surface area contributed by atoms with E-state index in [1.54, 1.807) is 30.3 Å². The molecule has 6 rings (SSSR count). The van der Waals surface area contributed by atoms with Gasteiger partial charge in [-0.3, -0.25) is 24.1 Å². The van der Waals surface area contributed by atoms with Crippen LogP contribution in [-0.2, 0) is 14.9 Å². The van der Waals surface area contributed by atoms with E-state index in [0.717, 1.165) is 17.5 Å². The van der Waals surface area contributed by atoms with Crippen LogP contribution >= 0.6 is 0 Å². The van der Waals surface area contributed by atoms with Crippen molar-refractivity contribution >= 4 is 23.4 Å². The van der Waals surface area contributed by atoms with Crippen LogP contribution in [0.15, 0.2) is 66.7 Å². The molecule has 0 bridgehead atoms. The molecule has 8 nitrogen and oxygen atoms in total. The van der Waals surface area contributed by atoms with E-state index in [1.165, 1.54) is 4.90 Å². The van der Waals surface area contributed by atoms with Crippen molar-refractivity contribution in [1.29, 1.82) is 0 Å². The molecule has 0 aromatic heterocycles. The summed E-state index contributed by atoms with van der Waals surface area (Å²) in [7, 11) is 0. The van der Waals surface area contributed by atoms with Crippen molar-refractivity contribution in [3.05, 3.63) is 100 Å². The van der Waals surface area contributed by atoms with Crippen molar-refractivity contribution in [1.82, 2.24) is 4.90 Å². The van der Waals surface area contributed by atoms with Crippen LogP contribution in [0.4, 0.5) is 0 Å². The molecule has 3 aliphatic heterocycles. The van der Waals surface area contributed by atoms with Gasteiger partial charge in [0.05, 0.1) is 41.4 Å². The van der Waals surface area contributed by atoms with Gasteiger partial charge in [-0.05, 0) is 55.5 Å². The third-order valence-electron chi connectivity index (χ3n) is 9.17. The van der Waals surface area contributed by atoms with Gasteiger partial charge in [-0.25, -0.2) is 0 Å². The van der Waals surface area contributed by atoms with Gasteiger partial charge >= 0.3 is 0 Å². The molecule has 228 valence electrons. The molecule has 0 unspecified atom stereocenters. The summed E-state index contributed by atoms with van der Waals surface area (Å²) in [6.07, 6.45) is 2.89. The second kappa shape index (κ2) is 12.5. The van der Waals surface area contributed by atoms with E-state index in [0.29, 0.717) is 66.7 Å². The lowest BCUT2D eigenvalue weighted by Gasteiger charge is -2.33. The number of benzene rings is 3. The van der Waals surface area contributed by atoms with E-state index >= 15 is 0 Å². The Hall–Kier alpha value is -4.14. The number of hydrogen-bond acceptors (Lipinski definition) is 7. The van der Waals surface area contributed by atoms with E-state index in [4.69, 9.17) is 14.2 Å².